The molecule has 17 heavy (non-hydrogen) atoms. The van der Waals surface area contributed by atoms with Gasteiger partial charge in [0.2, 0.25) is 0 Å². The number of hydrogen-bond acceptors (Lipinski definition) is 4. The number of aryl methyl sites for hydroxylation is 2. The molecule has 0 saturated carbocycles. The van der Waals surface area contributed by atoms with Gasteiger partial charge >= 0.3 is 0 Å². The van der Waals surface area contributed by atoms with Gasteiger partial charge in [-0.3, -0.25) is 9.48 Å². The second-order valence-corrected chi connectivity index (χ2v) is 4.78. The highest BCUT2D eigenvalue weighted by Crippen LogP contribution is 2.17. The molecule has 6 heteroatoms. The van der Waals surface area contributed by atoms with Crippen LogP contribution in [0.15, 0.2) is 0 Å². The Balaban J connectivity index is 2.91. The summed E-state index contributed by atoms with van der Waals surface area (Å²) in [6.07, 6.45) is 0.482. The molecule has 4 N–H and O–H groups in total. The van der Waals surface area contributed by atoms with E-state index in [1.165, 1.54) is 4.68 Å². The third kappa shape index (κ3) is 2.97. The molecule has 0 bridgehead atoms. The molecule has 0 spiro atoms. The molecule has 0 aliphatic carbocycles. The molecule has 0 aliphatic heterocycles. The van der Waals surface area contributed by atoms with Crippen LogP contribution < -0.4 is 11.1 Å². The van der Waals surface area contributed by atoms with E-state index < -0.39 is 5.54 Å². The van der Waals surface area contributed by atoms with Crippen LogP contribution in [0.25, 0.3) is 0 Å². The van der Waals surface area contributed by atoms with Gasteiger partial charge in [0.15, 0.2) is 0 Å². The highest BCUT2D eigenvalue weighted by atomic mass is 16.3. The van der Waals surface area contributed by atoms with Gasteiger partial charge in [-0.2, -0.15) is 5.10 Å². The van der Waals surface area contributed by atoms with Crippen molar-refractivity contribution >= 4 is 11.6 Å². The maximum atomic E-state index is 12.1. The quantitative estimate of drug-likeness (QED) is 0.701. The first-order valence-electron chi connectivity index (χ1n) is 5.51. The molecular weight excluding hydrogens is 220 g/mol. The van der Waals surface area contributed by atoms with E-state index in [9.17, 15) is 4.79 Å². The highest BCUT2D eigenvalue weighted by molar-refractivity contribution is 5.98. The fourth-order valence-corrected chi connectivity index (χ4v) is 1.65. The Bertz CT molecular complexity index is 423. The molecule has 0 atom stereocenters. The maximum Gasteiger partial charge on any atom is 0.272 e. The summed E-state index contributed by atoms with van der Waals surface area (Å²) >= 11 is 0. The first-order chi connectivity index (χ1) is 7.78. The standard InChI is InChI=1S/C11H20N4O2/c1-7-8(12)9(15(4)14-7)10(17)13-11(2,3)5-6-16/h16H,5-6,12H2,1-4H3,(H,13,17). The average molecular weight is 240 g/mol. The fourth-order valence-electron chi connectivity index (χ4n) is 1.65. The molecule has 0 unspecified atom stereocenters. The third-order valence-electron chi connectivity index (χ3n) is 2.67. The number of rotatable bonds is 4. The van der Waals surface area contributed by atoms with E-state index in [0.717, 1.165) is 0 Å². The van der Waals surface area contributed by atoms with Crippen LogP contribution in [0.4, 0.5) is 5.69 Å². The molecular formula is C11H20N4O2. The predicted molar refractivity (Wildman–Crippen MR) is 65.6 cm³/mol. The number of nitrogens with one attached hydrogen (secondary N) is 1. The van der Waals surface area contributed by atoms with Crippen LogP contribution in [0.2, 0.25) is 0 Å². The molecule has 0 saturated heterocycles. The zero-order valence-corrected chi connectivity index (χ0v) is 10.7. The smallest absolute Gasteiger partial charge is 0.272 e. The number of nitrogens with two attached hydrogens (primary N) is 1. The Hall–Kier alpha value is -1.56. The Kier molecular flexibility index (Phi) is 3.77. The highest BCUT2D eigenvalue weighted by Gasteiger charge is 2.24. The zero-order chi connectivity index (χ0) is 13.2. The number of nitrogen functional groups attached to an aromatic ring is 1. The van der Waals surface area contributed by atoms with Gasteiger partial charge in [-0.15, -0.1) is 0 Å². The minimum absolute atomic E-state index is 0.0210. The Labute approximate surface area is 101 Å². The van der Waals surface area contributed by atoms with Crippen LogP contribution >= 0.6 is 0 Å². The van der Waals surface area contributed by atoms with Crippen molar-refractivity contribution in [2.75, 3.05) is 12.3 Å². The van der Waals surface area contributed by atoms with Crippen molar-refractivity contribution in [3.8, 4) is 0 Å². The lowest BCUT2D eigenvalue weighted by Crippen LogP contribution is -2.44. The monoisotopic (exact) mass is 240 g/mol. The molecule has 1 rings (SSSR count). The Morgan fingerprint density at radius 1 is 1.59 bits per heavy atom. The molecule has 0 aromatic carbocycles. The number of aliphatic hydroxyl groups is 1. The van der Waals surface area contributed by atoms with Gasteiger partial charge < -0.3 is 16.2 Å². The van der Waals surface area contributed by atoms with Crippen LogP contribution in [0, 0.1) is 6.92 Å². The van der Waals surface area contributed by atoms with Crippen molar-refractivity contribution in [2.24, 2.45) is 7.05 Å². The summed E-state index contributed by atoms with van der Waals surface area (Å²) in [5.41, 5.74) is 6.71. The van der Waals surface area contributed by atoms with E-state index in [1.807, 2.05) is 13.8 Å². The van der Waals surface area contributed by atoms with Crippen LogP contribution in [-0.4, -0.2) is 32.9 Å². The largest absolute Gasteiger partial charge is 0.396 e. The number of aromatic nitrogens is 2. The van der Waals surface area contributed by atoms with Gasteiger partial charge in [0.1, 0.15) is 5.69 Å². The zero-order valence-electron chi connectivity index (χ0n) is 10.7. The van der Waals surface area contributed by atoms with Crippen molar-refractivity contribution in [1.29, 1.82) is 0 Å². The second kappa shape index (κ2) is 4.75. The second-order valence-electron chi connectivity index (χ2n) is 4.78. The number of carbonyl (C=O) groups is 1. The van der Waals surface area contributed by atoms with Gasteiger partial charge in [-0.05, 0) is 27.2 Å². The van der Waals surface area contributed by atoms with E-state index in [2.05, 4.69) is 10.4 Å². The van der Waals surface area contributed by atoms with E-state index in [0.29, 0.717) is 23.5 Å². The summed E-state index contributed by atoms with van der Waals surface area (Å²) in [6.45, 7) is 5.47. The summed E-state index contributed by atoms with van der Waals surface area (Å²) in [5, 5.41) is 15.8. The lowest BCUT2D eigenvalue weighted by Gasteiger charge is -2.25. The minimum atomic E-state index is -0.476. The first-order valence-corrected chi connectivity index (χ1v) is 5.51. The Morgan fingerprint density at radius 3 is 2.59 bits per heavy atom. The first kappa shape index (κ1) is 13.5. The molecule has 0 radical (unpaired) electrons. The normalized spacial score (nSPS) is 11.6. The van der Waals surface area contributed by atoms with E-state index in [-0.39, 0.29) is 12.5 Å². The Morgan fingerprint density at radius 2 is 2.18 bits per heavy atom. The van der Waals surface area contributed by atoms with Crippen molar-refractivity contribution in [2.45, 2.75) is 32.7 Å². The maximum absolute atomic E-state index is 12.1. The fraction of sp³-hybridized carbons (Fsp3) is 0.636. The van der Waals surface area contributed by atoms with Gasteiger partial charge in [0, 0.05) is 19.2 Å². The number of anilines is 1. The number of carbonyl (C=O) groups excluding carboxylic acids is 1. The number of aliphatic hydroxyl groups excluding tert-OH is 1. The SMILES string of the molecule is Cc1nn(C)c(C(=O)NC(C)(C)CCO)c1N. The van der Waals surface area contributed by atoms with Crippen LogP contribution in [0.3, 0.4) is 0 Å². The topological polar surface area (TPSA) is 93.2 Å². The molecule has 1 aromatic rings. The van der Waals surface area contributed by atoms with Crippen molar-refractivity contribution < 1.29 is 9.90 Å². The molecule has 1 aromatic heterocycles. The molecule has 1 heterocycles. The predicted octanol–water partition coefficient (Wildman–Crippen LogP) is 0.202. The van der Waals surface area contributed by atoms with Gasteiger partial charge in [-0.1, -0.05) is 0 Å². The van der Waals surface area contributed by atoms with Crippen LogP contribution in [0.5, 0.6) is 0 Å². The summed E-state index contributed by atoms with van der Waals surface area (Å²) in [4.78, 5) is 12.1. The lowest BCUT2D eigenvalue weighted by atomic mass is 10.0. The van der Waals surface area contributed by atoms with E-state index >= 15 is 0 Å². The number of hydrogen-bond donors (Lipinski definition) is 3. The van der Waals surface area contributed by atoms with Gasteiger partial charge in [0.25, 0.3) is 5.91 Å². The van der Waals surface area contributed by atoms with Crippen LogP contribution in [-0.2, 0) is 7.05 Å². The van der Waals surface area contributed by atoms with Crippen molar-refractivity contribution in [3.05, 3.63) is 11.4 Å². The molecule has 0 aliphatic rings. The third-order valence-corrected chi connectivity index (χ3v) is 2.67. The molecule has 96 valence electrons. The molecule has 1 amide bonds. The lowest BCUT2D eigenvalue weighted by molar-refractivity contribution is 0.0891. The molecule has 6 nitrogen and oxygen atoms in total. The summed E-state index contributed by atoms with van der Waals surface area (Å²) < 4.78 is 1.47. The number of amides is 1. The van der Waals surface area contributed by atoms with E-state index in [1.54, 1.807) is 14.0 Å². The van der Waals surface area contributed by atoms with Crippen molar-refractivity contribution in [1.82, 2.24) is 15.1 Å². The average Bonchev–Trinajstić information content (AvgIpc) is 2.39. The summed E-state index contributed by atoms with van der Waals surface area (Å²) in [7, 11) is 1.68. The summed E-state index contributed by atoms with van der Waals surface area (Å²) in [6, 6.07) is 0. The number of nitrogens with zero attached hydrogens (tertiary/aromatic N) is 2. The molecule has 0 fully saturated rings. The van der Waals surface area contributed by atoms with Gasteiger partial charge in [-0.25, -0.2) is 0 Å². The van der Waals surface area contributed by atoms with Crippen molar-refractivity contribution in [3.63, 3.8) is 0 Å². The van der Waals surface area contributed by atoms with Crippen LogP contribution in [0.1, 0.15) is 36.5 Å². The summed E-state index contributed by atoms with van der Waals surface area (Å²) in [5.74, 6) is -0.274. The van der Waals surface area contributed by atoms with Gasteiger partial charge in [0.05, 0.1) is 11.4 Å². The minimum Gasteiger partial charge on any atom is -0.396 e. The van der Waals surface area contributed by atoms with E-state index in [4.69, 9.17) is 10.8 Å².